The van der Waals surface area contributed by atoms with E-state index in [-0.39, 0.29) is 11.9 Å². The first-order chi connectivity index (χ1) is 7.52. The van der Waals surface area contributed by atoms with E-state index in [1.807, 2.05) is 6.92 Å². The van der Waals surface area contributed by atoms with E-state index < -0.39 is 0 Å². The highest BCUT2D eigenvalue weighted by atomic mass is 35.5. The zero-order valence-corrected chi connectivity index (χ0v) is 10.6. The predicted molar refractivity (Wildman–Crippen MR) is 65.3 cm³/mol. The Labute approximate surface area is 105 Å². The monoisotopic (exact) mass is 261 g/mol. The molecule has 1 atom stereocenters. The fourth-order valence-corrected chi connectivity index (χ4v) is 1.81. The molecule has 1 aromatic carbocycles. The molecule has 88 valence electrons. The Kier molecular flexibility index (Phi) is 5.06. The van der Waals surface area contributed by atoms with Crippen molar-refractivity contribution in [3.8, 4) is 0 Å². The van der Waals surface area contributed by atoms with E-state index in [9.17, 15) is 4.79 Å². The van der Waals surface area contributed by atoms with Crippen molar-refractivity contribution in [3.05, 3.63) is 33.8 Å². The number of hydrogen-bond donors (Lipinski definition) is 1. The molecule has 0 saturated carbocycles. The van der Waals surface area contributed by atoms with Gasteiger partial charge < -0.3 is 10.1 Å². The molecule has 1 amide bonds. The van der Waals surface area contributed by atoms with Gasteiger partial charge in [0, 0.05) is 28.8 Å². The van der Waals surface area contributed by atoms with Crippen molar-refractivity contribution in [3.63, 3.8) is 0 Å². The minimum absolute atomic E-state index is 0.0599. The molecular weight excluding hydrogens is 249 g/mol. The van der Waals surface area contributed by atoms with Gasteiger partial charge in [-0.05, 0) is 25.1 Å². The smallest absolute Gasteiger partial charge is 0.251 e. The van der Waals surface area contributed by atoms with E-state index >= 15 is 0 Å². The number of rotatable bonds is 4. The summed E-state index contributed by atoms with van der Waals surface area (Å²) in [4.78, 5) is 11.8. The summed E-state index contributed by atoms with van der Waals surface area (Å²) in [5, 5.41) is 3.65. The molecule has 0 aliphatic heterocycles. The Hall–Kier alpha value is -0.770. The molecule has 0 spiro atoms. The van der Waals surface area contributed by atoms with Crippen LogP contribution in [-0.2, 0) is 4.74 Å². The molecule has 1 unspecified atom stereocenters. The van der Waals surface area contributed by atoms with Crippen molar-refractivity contribution < 1.29 is 9.53 Å². The topological polar surface area (TPSA) is 38.3 Å². The third-order valence-corrected chi connectivity index (χ3v) is 2.36. The second-order valence-electron chi connectivity index (χ2n) is 3.49. The Bertz CT molecular complexity index is 362. The normalized spacial score (nSPS) is 12.2. The van der Waals surface area contributed by atoms with E-state index in [2.05, 4.69) is 5.32 Å². The van der Waals surface area contributed by atoms with Crippen LogP contribution in [0.25, 0.3) is 0 Å². The highest BCUT2D eigenvalue weighted by Crippen LogP contribution is 2.18. The summed E-state index contributed by atoms with van der Waals surface area (Å²) in [7, 11) is 1.58. The highest BCUT2D eigenvalue weighted by molar-refractivity contribution is 6.35. The van der Waals surface area contributed by atoms with Crippen LogP contribution >= 0.6 is 23.2 Å². The lowest BCUT2D eigenvalue weighted by Crippen LogP contribution is -2.35. The summed E-state index contributed by atoms with van der Waals surface area (Å²) in [6, 6.07) is 4.67. The van der Waals surface area contributed by atoms with Crippen molar-refractivity contribution in [2.75, 3.05) is 13.7 Å². The van der Waals surface area contributed by atoms with E-state index in [1.165, 1.54) is 0 Å². The molecular formula is C11H13Cl2NO2. The van der Waals surface area contributed by atoms with Crippen LogP contribution in [0.2, 0.25) is 10.0 Å². The van der Waals surface area contributed by atoms with Gasteiger partial charge >= 0.3 is 0 Å². The summed E-state index contributed by atoms with van der Waals surface area (Å²) >= 11 is 11.6. The summed E-state index contributed by atoms with van der Waals surface area (Å²) in [5.74, 6) is -0.214. The van der Waals surface area contributed by atoms with Crippen molar-refractivity contribution in [1.29, 1.82) is 0 Å². The molecule has 0 heterocycles. The van der Waals surface area contributed by atoms with Gasteiger partial charge in [-0.1, -0.05) is 23.2 Å². The van der Waals surface area contributed by atoms with Gasteiger partial charge in [0.05, 0.1) is 6.61 Å². The lowest BCUT2D eigenvalue weighted by atomic mass is 10.2. The number of ether oxygens (including phenoxy) is 1. The predicted octanol–water partition coefficient (Wildman–Crippen LogP) is 2.76. The summed E-state index contributed by atoms with van der Waals surface area (Å²) in [6.45, 7) is 2.31. The van der Waals surface area contributed by atoms with Crippen LogP contribution in [0.4, 0.5) is 0 Å². The average molecular weight is 262 g/mol. The van der Waals surface area contributed by atoms with Crippen molar-refractivity contribution in [2.45, 2.75) is 13.0 Å². The van der Waals surface area contributed by atoms with Crippen LogP contribution in [0.1, 0.15) is 17.3 Å². The molecule has 0 saturated heterocycles. The first-order valence-corrected chi connectivity index (χ1v) is 5.54. The maximum atomic E-state index is 11.8. The van der Waals surface area contributed by atoms with Gasteiger partial charge in [0.2, 0.25) is 0 Å². The van der Waals surface area contributed by atoms with Crippen LogP contribution in [0.5, 0.6) is 0 Å². The van der Waals surface area contributed by atoms with Crippen LogP contribution in [0, 0.1) is 0 Å². The van der Waals surface area contributed by atoms with E-state index in [4.69, 9.17) is 27.9 Å². The van der Waals surface area contributed by atoms with Crippen LogP contribution in [-0.4, -0.2) is 25.7 Å². The van der Waals surface area contributed by atoms with E-state index in [1.54, 1.807) is 25.3 Å². The van der Waals surface area contributed by atoms with Crippen LogP contribution in [0.15, 0.2) is 18.2 Å². The molecule has 1 rings (SSSR count). The molecule has 16 heavy (non-hydrogen) atoms. The fourth-order valence-electron chi connectivity index (χ4n) is 1.28. The highest BCUT2D eigenvalue weighted by Gasteiger charge is 2.10. The first-order valence-electron chi connectivity index (χ1n) is 4.79. The number of amides is 1. The third kappa shape index (κ3) is 4.00. The Morgan fingerprint density at radius 3 is 2.44 bits per heavy atom. The van der Waals surface area contributed by atoms with Gasteiger partial charge in [-0.2, -0.15) is 0 Å². The third-order valence-electron chi connectivity index (χ3n) is 1.92. The number of carbonyl (C=O) groups excluding carboxylic acids is 1. The first kappa shape index (κ1) is 13.3. The van der Waals surface area contributed by atoms with Crippen molar-refractivity contribution in [1.82, 2.24) is 5.32 Å². The van der Waals surface area contributed by atoms with Gasteiger partial charge in [-0.3, -0.25) is 4.79 Å². The number of carbonyl (C=O) groups is 1. The number of hydrogen-bond acceptors (Lipinski definition) is 2. The Balaban J connectivity index is 2.72. The Morgan fingerprint density at radius 1 is 1.38 bits per heavy atom. The summed E-state index contributed by atoms with van der Waals surface area (Å²) < 4.78 is 4.92. The number of nitrogens with one attached hydrogen (secondary N) is 1. The van der Waals surface area contributed by atoms with Crippen LogP contribution < -0.4 is 5.32 Å². The molecule has 1 N–H and O–H groups in total. The molecule has 0 aromatic heterocycles. The van der Waals surface area contributed by atoms with Gasteiger partial charge in [-0.15, -0.1) is 0 Å². The molecule has 5 heteroatoms. The largest absolute Gasteiger partial charge is 0.383 e. The lowest BCUT2D eigenvalue weighted by molar-refractivity contribution is 0.0905. The quantitative estimate of drug-likeness (QED) is 0.906. The van der Waals surface area contributed by atoms with Crippen molar-refractivity contribution in [2.24, 2.45) is 0 Å². The van der Waals surface area contributed by atoms with E-state index in [0.29, 0.717) is 22.2 Å². The molecule has 0 radical (unpaired) electrons. The second-order valence-corrected chi connectivity index (χ2v) is 4.36. The van der Waals surface area contributed by atoms with Gasteiger partial charge in [0.15, 0.2) is 0 Å². The Morgan fingerprint density at radius 2 is 1.94 bits per heavy atom. The fraction of sp³-hybridized carbons (Fsp3) is 0.364. The molecule has 0 aliphatic rings. The number of halogens is 2. The zero-order valence-electron chi connectivity index (χ0n) is 9.09. The summed E-state index contributed by atoms with van der Waals surface area (Å²) in [6.07, 6.45) is 0. The minimum atomic E-state index is -0.214. The maximum Gasteiger partial charge on any atom is 0.251 e. The van der Waals surface area contributed by atoms with E-state index in [0.717, 1.165) is 0 Å². The molecule has 1 aromatic rings. The van der Waals surface area contributed by atoms with Crippen molar-refractivity contribution >= 4 is 29.1 Å². The minimum Gasteiger partial charge on any atom is -0.383 e. The summed E-state index contributed by atoms with van der Waals surface area (Å²) in [5.41, 5.74) is 0.445. The molecule has 0 fully saturated rings. The SMILES string of the molecule is COCC(C)NC(=O)c1cc(Cl)cc(Cl)c1. The average Bonchev–Trinajstić information content (AvgIpc) is 2.16. The second kappa shape index (κ2) is 6.09. The zero-order chi connectivity index (χ0) is 12.1. The number of methoxy groups -OCH3 is 1. The molecule has 0 bridgehead atoms. The molecule has 0 aliphatic carbocycles. The molecule has 3 nitrogen and oxygen atoms in total. The van der Waals surface area contributed by atoms with Gasteiger partial charge in [0.1, 0.15) is 0 Å². The van der Waals surface area contributed by atoms with Crippen LogP contribution in [0.3, 0.4) is 0 Å². The maximum absolute atomic E-state index is 11.8. The van der Waals surface area contributed by atoms with Gasteiger partial charge in [-0.25, -0.2) is 0 Å². The standard InChI is InChI=1S/C11H13Cl2NO2/c1-7(6-16-2)14-11(15)8-3-9(12)5-10(13)4-8/h3-5,7H,6H2,1-2H3,(H,14,15). The number of benzene rings is 1. The lowest BCUT2D eigenvalue weighted by Gasteiger charge is -2.12. The van der Waals surface area contributed by atoms with Gasteiger partial charge in [0.25, 0.3) is 5.91 Å².